The summed E-state index contributed by atoms with van der Waals surface area (Å²) in [6.07, 6.45) is 0.826. The molecule has 1 fully saturated rings. The molecule has 1 aromatic rings. The quantitative estimate of drug-likeness (QED) is 0.794. The van der Waals surface area contributed by atoms with Crippen LogP contribution in [0.3, 0.4) is 0 Å². The van der Waals surface area contributed by atoms with Gasteiger partial charge in [0.05, 0.1) is 26.4 Å². The summed E-state index contributed by atoms with van der Waals surface area (Å²) >= 11 is 0. The fraction of sp³-hybridized carbons (Fsp3) is 0.632. The summed E-state index contributed by atoms with van der Waals surface area (Å²) in [5.74, 6) is 0.815. The zero-order chi connectivity index (χ0) is 18.3. The van der Waals surface area contributed by atoms with Crippen molar-refractivity contribution in [3.63, 3.8) is 0 Å². The average Bonchev–Trinajstić information content (AvgIpc) is 2.65. The van der Waals surface area contributed by atoms with Crippen LogP contribution in [0, 0.1) is 0 Å². The molecule has 0 spiro atoms. The van der Waals surface area contributed by atoms with Gasteiger partial charge in [0.2, 0.25) is 0 Å². The van der Waals surface area contributed by atoms with E-state index in [2.05, 4.69) is 36.3 Å². The second-order valence-electron chi connectivity index (χ2n) is 6.97. The highest BCUT2D eigenvalue weighted by atomic mass is 16.5. The van der Waals surface area contributed by atoms with Gasteiger partial charge in [0, 0.05) is 25.2 Å². The van der Waals surface area contributed by atoms with E-state index in [9.17, 15) is 4.79 Å². The SMILES string of the molecule is CC[C@H](NC(=O)NCC(C)(C)N1CCOCC1)c1ccc(OC)cc1. The lowest BCUT2D eigenvalue weighted by molar-refractivity contribution is -0.00876. The summed E-state index contributed by atoms with van der Waals surface area (Å²) in [5, 5.41) is 6.08. The van der Waals surface area contributed by atoms with E-state index in [-0.39, 0.29) is 17.6 Å². The molecule has 0 saturated carbocycles. The van der Waals surface area contributed by atoms with Gasteiger partial charge in [0.1, 0.15) is 5.75 Å². The average molecular weight is 349 g/mol. The molecule has 0 radical (unpaired) electrons. The minimum Gasteiger partial charge on any atom is -0.497 e. The van der Waals surface area contributed by atoms with Crippen LogP contribution in [0.4, 0.5) is 4.79 Å². The molecular weight excluding hydrogens is 318 g/mol. The Morgan fingerprint density at radius 2 is 1.92 bits per heavy atom. The van der Waals surface area contributed by atoms with E-state index in [4.69, 9.17) is 9.47 Å². The molecule has 2 amide bonds. The molecule has 1 aliphatic rings. The fourth-order valence-electron chi connectivity index (χ4n) is 3.04. The van der Waals surface area contributed by atoms with Crippen LogP contribution in [0.2, 0.25) is 0 Å². The molecule has 1 aliphatic heterocycles. The van der Waals surface area contributed by atoms with Crippen LogP contribution in [0.1, 0.15) is 38.8 Å². The number of carbonyl (C=O) groups is 1. The Kier molecular flexibility index (Phi) is 7.08. The molecule has 0 bridgehead atoms. The lowest BCUT2D eigenvalue weighted by atomic mass is 10.0. The second kappa shape index (κ2) is 9.06. The van der Waals surface area contributed by atoms with Gasteiger partial charge >= 0.3 is 6.03 Å². The maximum Gasteiger partial charge on any atom is 0.315 e. The van der Waals surface area contributed by atoms with Crippen molar-refractivity contribution in [1.29, 1.82) is 0 Å². The predicted octanol–water partition coefficient (Wildman–Crippen LogP) is 2.56. The number of nitrogens with zero attached hydrogens (tertiary/aromatic N) is 1. The van der Waals surface area contributed by atoms with Crippen molar-refractivity contribution in [1.82, 2.24) is 15.5 Å². The first-order chi connectivity index (χ1) is 12.0. The van der Waals surface area contributed by atoms with E-state index >= 15 is 0 Å². The van der Waals surface area contributed by atoms with Crippen molar-refractivity contribution in [2.75, 3.05) is 40.0 Å². The van der Waals surface area contributed by atoms with Gasteiger partial charge in [0.15, 0.2) is 0 Å². The van der Waals surface area contributed by atoms with Crippen molar-refractivity contribution in [3.05, 3.63) is 29.8 Å². The third-order valence-electron chi connectivity index (χ3n) is 4.78. The molecule has 1 heterocycles. The Bertz CT molecular complexity index is 539. The first-order valence-corrected chi connectivity index (χ1v) is 8.97. The molecule has 2 rings (SSSR count). The molecule has 1 atom stereocenters. The van der Waals surface area contributed by atoms with Gasteiger partial charge in [-0.1, -0.05) is 19.1 Å². The van der Waals surface area contributed by atoms with Crippen LogP contribution in [0.25, 0.3) is 0 Å². The molecular formula is C19H31N3O3. The van der Waals surface area contributed by atoms with E-state index in [1.54, 1.807) is 7.11 Å². The molecule has 1 saturated heterocycles. The van der Waals surface area contributed by atoms with Crippen LogP contribution >= 0.6 is 0 Å². The van der Waals surface area contributed by atoms with Crippen molar-refractivity contribution < 1.29 is 14.3 Å². The van der Waals surface area contributed by atoms with Gasteiger partial charge in [-0.05, 0) is 38.0 Å². The molecule has 0 aliphatic carbocycles. The summed E-state index contributed by atoms with van der Waals surface area (Å²) in [7, 11) is 1.65. The normalized spacial score (nSPS) is 17.0. The first-order valence-electron chi connectivity index (χ1n) is 8.97. The van der Waals surface area contributed by atoms with Gasteiger partial charge in [-0.15, -0.1) is 0 Å². The Balaban J connectivity index is 1.86. The molecule has 25 heavy (non-hydrogen) atoms. The van der Waals surface area contributed by atoms with E-state index < -0.39 is 0 Å². The highest BCUT2D eigenvalue weighted by Gasteiger charge is 2.28. The summed E-state index contributed by atoms with van der Waals surface area (Å²) in [4.78, 5) is 14.7. The number of carbonyl (C=O) groups excluding carboxylic acids is 1. The lowest BCUT2D eigenvalue weighted by Gasteiger charge is -2.40. The number of urea groups is 1. The number of hydrogen-bond donors (Lipinski definition) is 2. The minimum atomic E-state index is -0.135. The second-order valence-corrected chi connectivity index (χ2v) is 6.97. The predicted molar refractivity (Wildman–Crippen MR) is 99.0 cm³/mol. The maximum absolute atomic E-state index is 12.3. The Morgan fingerprint density at radius 1 is 1.28 bits per heavy atom. The Morgan fingerprint density at radius 3 is 2.48 bits per heavy atom. The minimum absolute atomic E-state index is 0.0163. The Hall–Kier alpha value is -1.79. The van der Waals surface area contributed by atoms with Gasteiger partial charge in [-0.3, -0.25) is 4.90 Å². The van der Waals surface area contributed by atoms with Gasteiger partial charge in [-0.2, -0.15) is 0 Å². The highest BCUT2D eigenvalue weighted by molar-refractivity contribution is 5.74. The van der Waals surface area contributed by atoms with Crippen molar-refractivity contribution in [2.24, 2.45) is 0 Å². The Labute approximate surface area is 150 Å². The van der Waals surface area contributed by atoms with Gasteiger partial charge in [0.25, 0.3) is 0 Å². The van der Waals surface area contributed by atoms with Crippen LogP contribution in [0.15, 0.2) is 24.3 Å². The van der Waals surface area contributed by atoms with Crippen molar-refractivity contribution in [3.8, 4) is 5.75 Å². The van der Waals surface area contributed by atoms with E-state index in [0.29, 0.717) is 6.54 Å². The summed E-state index contributed by atoms with van der Waals surface area (Å²) < 4.78 is 10.6. The molecule has 140 valence electrons. The topological polar surface area (TPSA) is 62.8 Å². The third kappa shape index (κ3) is 5.61. The third-order valence-corrected chi connectivity index (χ3v) is 4.78. The van der Waals surface area contributed by atoms with E-state index in [1.807, 2.05) is 24.3 Å². The number of hydrogen-bond acceptors (Lipinski definition) is 4. The number of amides is 2. The van der Waals surface area contributed by atoms with Gasteiger partial charge in [-0.25, -0.2) is 4.79 Å². The molecule has 1 aromatic carbocycles. The van der Waals surface area contributed by atoms with Crippen molar-refractivity contribution >= 4 is 6.03 Å². The number of morpholine rings is 1. The smallest absolute Gasteiger partial charge is 0.315 e. The largest absolute Gasteiger partial charge is 0.497 e. The van der Waals surface area contributed by atoms with Crippen LogP contribution in [-0.4, -0.2) is 56.4 Å². The van der Waals surface area contributed by atoms with Crippen LogP contribution in [0.5, 0.6) is 5.75 Å². The summed E-state index contributed by atoms with van der Waals surface area (Å²) in [6.45, 7) is 10.3. The monoisotopic (exact) mass is 349 g/mol. The van der Waals surface area contributed by atoms with Gasteiger partial charge < -0.3 is 20.1 Å². The van der Waals surface area contributed by atoms with Crippen LogP contribution in [-0.2, 0) is 4.74 Å². The summed E-state index contributed by atoms with van der Waals surface area (Å²) in [5.41, 5.74) is 0.981. The first kappa shape index (κ1) is 19.5. The number of benzene rings is 1. The molecule has 2 N–H and O–H groups in total. The van der Waals surface area contributed by atoms with E-state index in [0.717, 1.165) is 44.0 Å². The van der Waals surface area contributed by atoms with Crippen molar-refractivity contribution in [2.45, 2.75) is 38.8 Å². The molecule has 0 aromatic heterocycles. The maximum atomic E-state index is 12.3. The fourth-order valence-corrected chi connectivity index (χ4v) is 3.04. The van der Waals surface area contributed by atoms with Crippen LogP contribution < -0.4 is 15.4 Å². The highest BCUT2D eigenvalue weighted by Crippen LogP contribution is 2.20. The number of nitrogens with one attached hydrogen (secondary N) is 2. The number of rotatable bonds is 7. The molecule has 0 unspecified atom stereocenters. The standard InChI is InChI=1S/C19H31N3O3/c1-5-17(15-6-8-16(24-4)9-7-15)21-18(23)20-14-19(2,3)22-10-12-25-13-11-22/h6-9,17H,5,10-14H2,1-4H3,(H2,20,21,23)/t17-/m0/s1. The molecule has 6 heteroatoms. The number of methoxy groups -OCH3 is 1. The zero-order valence-corrected chi connectivity index (χ0v) is 15.8. The zero-order valence-electron chi connectivity index (χ0n) is 15.8. The lowest BCUT2D eigenvalue weighted by Crippen LogP contribution is -2.56. The molecule has 6 nitrogen and oxygen atoms in total. The summed E-state index contributed by atoms with van der Waals surface area (Å²) in [6, 6.07) is 7.66. The number of ether oxygens (including phenoxy) is 2. The van der Waals surface area contributed by atoms with E-state index in [1.165, 1.54) is 0 Å².